The molecule has 0 bridgehead atoms. The third kappa shape index (κ3) is 3.11. The van der Waals surface area contributed by atoms with Crippen molar-refractivity contribution in [3.8, 4) is 0 Å². The first-order chi connectivity index (χ1) is 8.65. The van der Waals surface area contributed by atoms with Crippen LogP contribution in [0.1, 0.15) is 5.56 Å². The van der Waals surface area contributed by atoms with Crippen molar-refractivity contribution in [3.63, 3.8) is 0 Å². The Morgan fingerprint density at radius 1 is 1.11 bits per heavy atom. The predicted octanol–water partition coefficient (Wildman–Crippen LogP) is 1.09. The van der Waals surface area contributed by atoms with Gasteiger partial charge in [-0.25, -0.2) is 12.7 Å². The highest BCUT2D eigenvalue weighted by Crippen LogP contribution is 2.29. The molecule has 2 aliphatic heterocycles. The number of fused-ring (bicyclic) bond motifs is 1. The fraction of sp³-hybridized carbons (Fsp3) is 0.538. The molecule has 2 saturated heterocycles. The van der Waals surface area contributed by atoms with Crippen molar-refractivity contribution in [3.05, 3.63) is 35.9 Å². The molecule has 106 valence electrons. The van der Waals surface area contributed by atoms with E-state index in [0.717, 1.165) is 18.7 Å². The third-order valence-electron chi connectivity index (χ3n) is 3.94. The first kappa shape index (κ1) is 14.8. The van der Waals surface area contributed by atoms with Crippen molar-refractivity contribution in [2.45, 2.75) is 5.75 Å². The summed E-state index contributed by atoms with van der Waals surface area (Å²) in [6, 6.07) is 9.41. The molecule has 1 aromatic carbocycles. The minimum absolute atomic E-state index is 0. The smallest absolute Gasteiger partial charge is 0.218 e. The van der Waals surface area contributed by atoms with E-state index in [0.29, 0.717) is 24.9 Å². The molecule has 2 heterocycles. The molecule has 1 aromatic rings. The molecular weight excluding hydrogens is 284 g/mol. The van der Waals surface area contributed by atoms with Gasteiger partial charge >= 0.3 is 0 Å². The lowest BCUT2D eigenvalue weighted by Gasteiger charge is -2.17. The summed E-state index contributed by atoms with van der Waals surface area (Å²) in [7, 11) is -3.15. The zero-order chi connectivity index (χ0) is 12.6. The first-order valence-corrected chi connectivity index (χ1v) is 7.98. The SMILES string of the molecule is Cl.O=S(=O)(Cc1ccccc1)N1C[C@H]2CNC[C@H]2C1. The van der Waals surface area contributed by atoms with Crippen molar-refractivity contribution in [2.75, 3.05) is 26.2 Å². The number of sulfonamides is 1. The minimum Gasteiger partial charge on any atom is -0.316 e. The molecule has 2 fully saturated rings. The van der Waals surface area contributed by atoms with Crippen LogP contribution in [-0.4, -0.2) is 38.9 Å². The molecule has 4 nitrogen and oxygen atoms in total. The van der Waals surface area contributed by atoms with Crippen LogP contribution in [0.2, 0.25) is 0 Å². The first-order valence-electron chi connectivity index (χ1n) is 6.37. The van der Waals surface area contributed by atoms with Gasteiger partial charge in [0.15, 0.2) is 0 Å². The second kappa shape index (κ2) is 5.79. The number of benzene rings is 1. The maximum absolute atomic E-state index is 12.3. The second-order valence-electron chi connectivity index (χ2n) is 5.24. The molecule has 2 aliphatic rings. The summed E-state index contributed by atoms with van der Waals surface area (Å²) in [5, 5.41) is 3.32. The van der Waals surface area contributed by atoms with Crippen molar-refractivity contribution in [2.24, 2.45) is 11.8 Å². The molecule has 19 heavy (non-hydrogen) atoms. The van der Waals surface area contributed by atoms with Crippen LogP contribution < -0.4 is 5.32 Å². The van der Waals surface area contributed by atoms with E-state index in [2.05, 4.69) is 5.32 Å². The lowest BCUT2D eigenvalue weighted by Crippen LogP contribution is -2.32. The van der Waals surface area contributed by atoms with E-state index in [1.165, 1.54) is 0 Å². The largest absolute Gasteiger partial charge is 0.316 e. The number of rotatable bonds is 3. The molecule has 0 unspecified atom stereocenters. The Morgan fingerprint density at radius 3 is 2.26 bits per heavy atom. The summed E-state index contributed by atoms with van der Waals surface area (Å²) in [6.07, 6.45) is 0. The highest BCUT2D eigenvalue weighted by atomic mass is 35.5. The molecule has 0 radical (unpaired) electrons. The average molecular weight is 303 g/mol. The van der Waals surface area contributed by atoms with Gasteiger partial charge in [0.2, 0.25) is 10.0 Å². The van der Waals surface area contributed by atoms with Crippen LogP contribution in [0, 0.1) is 11.8 Å². The summed E-state index contributed by atoms with van der Waals surface area (Å²) in [5.74, 6) is 1.15. The number of nitrogens with one attached hydrogen (secondary N) is 1. The Hall–Kier alpha value is -0.620. The Morgan fingerprint density at radius 2 is 1.68 bits per heavy atom. The van der Waals surface area contributed by atoms with Crippen LogP contribution in [0.3, 0.4) is 0 Å². The average Bonchev–Trinajstić information content (AvgIpc) is 2.89. The highest BCUT2D eigenvalue weighted by molar-refractivity contribution is 7.88. The fourth-order valence-corrected chi connectivity index (χ4v) is 4.55. The van der Waals surface area contributed by atoms with Gasteiger partial charge in [0.25, 0.3) is 0 Å². The molecule has 1 N–H and O–H groups in total. The van der Waals surface area contributed by atoms with Crippen molar-refractivity contribution >= 4 is 22.4 Å². The van der Waals surface area contributed by atoms with E-state index in [1.54, 1.807) is 4.31 Å². The van der Waals surface area contributed by atoms with Gasteiger partial charge in [0.1, 0.15) is 0 Å². The topological polar surface area (TPSA) is 49.4 Å². The zero-order valence-corrected chi connectivity index (χ0v) is 12.3. The van der Waals surface area contributed by atoms with Crippen molar-refractivity contribution in [1.82, 2.24) is 9.62 Å². The monoisotopic (exact) mass is 302 g/mol. The fourth-order valence-electron chi connectivity index (χ4n) is 2.92. The third-order valence-corrected chi connectivity index (χ3v) is 5.72. The Labute approximate surface area is 120 Å². The van der Waals surface area contributed by atoms with E-state index < -0.39 is 10.0 Å². The molecular formula is C13H19ClN2O2S. The molecule has 0 amide bonds. The Bertz CT molecular complexity index is 509. The Balaban J connectivity index is 0.00000133. The van der Waals surface area contributed by atoms with Crippen LogP contribution in [0.25, 0.3) is 0 Å². The number of hydrogen-bond acceptors (Lipinski definition) is 3. The van der Waals surface area contributed by atoms with Crippen LogP contribution in [0.15, 0.2) is 30.3 Å². The highest BCUT2D eigenvalue weighted by Gasteiger charge is 2.40. The summed E-state index contributed by atoms with van der Waals surface area (Å²) in [5.41, 5.74) is 0.868. The summed E-state index contributed by atoms with van der Waals surface area (Å²) < 4.78 is 26.4. The standard InChI is InChI=1S/C13H18N2O2S.ClH/c16-18(17,10-11-4-2-1-3-5-11)15-8-12-6-14-7-13(12)9-15;/h1-5,12-14H,6-10H2;1H/t12-,13+;. The van der Waals surface area contributed by atoms with Gasteiger partial charge in [-0.2, -0.15) is 0 Å². The van der Waals surface area contributed by atoms with E-state index in [-0.39, 0.29) is 18.2 Å². The van der Waals surface area contributed by atoms with Gasteiger partial charge in [-0.3, -0.25) is 0 Å². The van der Waals surface area contributed by atoms with Gasteiger partial charge in [0.05, 0.1) is 5.75 Å². The molecule has 2 atom stereocenters. The van der Waals surface area contributed by atoms with Crippen molar-refractivity contribution < 1.29 is 8.42 Å². The van der Waals surface area contributed by atoms with E-state index in [4.69, 9.17) is 0 Å². The van der Waals surface area contributed by atoms with Gasteiger partial charge in [0, 0.05) is 13.1 Å². The summed E-state index contributed by atoms with van der Waals surface area (Å²) in [6.45, 7) is 3.30. The lowest BCUT2D eigenvalue weighted by molar-refractivity contribution is 0.447. The molecule has 0 spiro atoms. The van der Waals surface area contributed by atoms with Gasteiger partial charge in [-0.15, -0.1) is 12.4 Å². The minimum atomic E-state index is -3.15. The maximum atomic E-state index is 12.3. The van der Waals surface area contributed by atoms with E-state index >= 15 is 0 Å². The quantitative estimate of drug-likeness (QED) is 0.909. The summed E-state index contributed by atoms with van der Waals surface area (Å²) in [4.78, 5) is 0. The number of hydrogen-bond donors (Lipinski definition) is 1. The molecule has 0 aliphatic carbocycles. The Kier molecular flexibility index (Phi) is 4.50. The van der Waals surface area contributed by atoms with Crippen LogP contribution in [0.5, 0.6) is 0 Å². The van der Waals surface area contributed by atoms with Crippen LogP contribution >= 0.6 is 12.4 Å². The number of nitrogens with zero attached hydrogens (tertiary/aromatic N) is 1. The van der Waals surface area contributed by atoms with E-state index in [1.807, 2.05) is 30.3 Å². The molecule has 0 saturated carbocycles. The molecule has 6 heteroatoms. The second-order valence-corrected chi connectivity index (χ2v) is 7.21. The molecule has 3 rings (SSSR count). The normalized spacial score (nSPS) is 26.9. The molecule has 0 aromatic heterocycles. The zero-order valence-electron chi connectivity index (χ0n) is 10.7. The summed E-state index contributed by atoms with van der Waals surface area (Å²) >= 11 is 0. The van der Waals surface area contributed by atoms with Crippen LogP contribution in [0.4, 0.5) is 0 Å². The van der Waals surface area contributed by atoms with Gasteiger partial charge in [-0.05, 0) is 30.5 Å². The van der Waals surface area contributed by atoms with Crippen LogP contribution in [-0.2, 0) is 15.8 Å². The maximum Gasteiger partial charge on any atom is 0.218 e. The van der Waals surface area contributed by atoms with Gasteiger partial charge in [-0.1, -0.05) is 30.3 Å². The van der Waals surface area contributed by atoms with Crippen molar-refractivity contribution in [1.29, 1.82) is 0 Å². The number of halogens is 1. The van der Waals surface area contributed by atoms with E-state index in [9.17, 15) is 8.42 Å². The predicted molar refractivity (Wildman–Crippen MR) is 77.7 cm³/mol. The van der Waals surface area contributed by atoms with Gasteiger partial charge < -0.3 is 5.32 Å². The lowest BCUT2D eigenvalue weighted by atomic mass is 10.0.